The maximum atomic E-state index is 11.5. The van der Waals surface area contributed by atoms with Gasteiger partial charge in [0.1, 0.15) is 6.04 Å². The summed E-state index contributed by atoms with van der Waals surface area (Å²) in [5.74, 6) is -0.183. The zero-order chi connectivity index (χ0) is 11.3. The molecule has 1 unspecified atom stereocenters. The summed E-state index contributed by atoms with van der Waals surface area (Å²) in [6.07, 6.45) is 0. The van der Waals surface area contributed by atoms with Gasteiger partial charge in [-0.1, -0.05) is 6.07 Å². The number of ether oxygens (including phenoxy) is 1. The fourth-order valence-corrected chi connectivity index (χ4v) is 1.92. The van der Waals surface area contributed by atoms with Crippen molar-refractivity contribution in [3.63, 3.8) is 0 Å². The second-order valence-electron chi connectivity index (χ2n) is 3.31. The Balaban J connectivity index is 2.44. The molecule has 0 aliphatic carbocycles. The fraction of sp³-hybridized carbons (Fsp3) is 0.500. The Morgan fingerprint density at radius 1 is 1.73 bits per heavy atom. The SMILES string of the molecule is COCC(N)C(=O)N[C@H](C)c1cccs1. The molecule has 0 saturated heterocycles. The summed E-state index contributed by atoms with van der Waals surface area (Å²) in [5, 5.41) is 4.81. The number of carbonyl (C=O) groups excluding carboxylic acids is 1. The van der Waals surface area contributed by atoms with Crippen LogP contribution in [0.2, 0.25) is 0 Å². The molecule has 1 aromatic heterocycles. The highest BCUT2D eigenvalue weighted by atomic mass is 32.1. The van der Waals surface area contributed by atoms with Crippen LogP contribution in [0, 0.1) is 0 Å². The van der Waals surface area contributed by atoms with Crippen LogP contribution in [0.5, 0.6) is 0 Å². The first kappa shape index (κ1) is 12.2. The minimum absolute atomic E-state index is 0.000376. The zero-order valence-corrected chi connectivity index (χ0v) is 9.71. The lowest BCUT2D eigenvalue weighted by molar-refractivity contribution is -0.124. The summed E-state index contributed by atoms with van der Waals surface area (Å²) in [6, 6.07) is 3.34. The Bertz CT molecular complexity index is 300. The molecule has 2 atom stereocenters. The van der Waals surface area contributed by atoms with Gasteiger partial charge in [0.05, 0.1) is 12.6 Å². The monoisotopic (exact) mass is 228 g/mol. The van der Waals surface area contributed by atoms with Gasteiger partial charge in [0.15, 0.2) is 0 Å². The molecular weight excluding hydrogens is 212 g/mol. The summed E-state index contributed by atoms with van der Waals surface area (Å²) < 4.78 is 4.81. The van der Waals surface area contributed by atoms with Crippen molar-refractivity contribution in [2.45, 2.75) is 19.0 Å². The predicted molar refractivity (Wildman–Crippen MR) is 60.7 cm³/mol. The maximum Gasteiger partial charge on any atom is 0.239 e. The van der Waals surface area contributed by atoms with Gasteiger partial charge in [-0.25, -0.2) is 0 Å². The van der Waals surface area contributed by atoms with E-state index in [-0.39, 0.29) is 18.6 Å². The quantitative estimate of drug-likeness (QED) is 0.787. The van der Waals surface area contributed by atoms with Gasteiger partial charge in [0, 0.05) is 12.0 Å². The van der Waals surface area contributed by atoms with Crippen LogP contribution in [0.15, 0.2) is 17.5 Å². The van der Waals surface area contributed by atoms with Gasteiger partial charge in [-0.15, -0.1) is 11.3 Å². The minimum Gasteiger partial charge on any atom is -0.383 e. The standard InChI is InChI=1S/C10H16N2O2S/c1-7(9-4-3-5-15-9)12-10(13)8(11)6-14-2/h3-5,7-8H,6,11H2,1-2H3,(H,12,13)/t7-,8?/m1/s1. The van der Waals surface area contributed by atoms with Crippen LogP contribution in [0.25, 0.3) is 0 Å². The molecule has 1 heterocycles. The van der Waals surface area contributed by atoms with Gasteiger partial charge < -0.3 is 15.8 Å². The maximum absolute atomic E-state index is 11.5. The Hall–Kier alpha value is -0.910. The number of hydrogen-bond acceptors (Lipinski definition) is 4. The molecule has 4 nitrogen and oxygen atoms in total. The summed E-state index contributed by atoms with van der Waals surface area (Å²) in [7, 11) is 1.52. The second-order valence-corrected chi connectivity index (χ2v) is 4.29. The third kappa shape index (κ3) is 3.62. The number of amides is 1. The Morgan fingerprint density at radius 2 is 2.47 bits per heavy atom. The number of methoxy groups -OCH3 is 1. The lowest BCUT2D eigenvalue weighted by Gasteiger charge is -2.15. The molecule has 0 saturated carbocycles. The smallest absolute Gasteiger partial charge is 0.239 e. The van der Waals surface area contributed by atoms with E-state index in [0.717, 1.165) is 4.88 Å². The van der Waals surface area contributed by atoms with Gasteiger partial charge in [-0.05, 0) is 18.4 Å². The van der Waals surface area contributed by atoms with Crippen molar-refractivity contribution in [2.75, 3.05) is 13.7 Å². The summed E-state index contributed by atoms with van der Waals surface area (Å²) in [5.41, 5.74) is 5.60. The van der Waals surface area contributed by atoms with Crippen molar-refractivity contribution in [1.82, 2.24) is 5.32 Å². The molecule has 0 aliphatic heterocycles. The Labute approximate surface area is 93.4 Å². The van der Waals surface area contributed by atoms with Crippen molar-refractivity contribution >= 4 is 17.2 Å². The Morgan fingerprint density at radius 3 is 3.00 bits per heavy atom. The molecule has 0 spiro atoms. The molecular formula is C10H16N2O2S. The molecule has 0 radical (unpaired) electrons. The number of thiophene rings is 1. The number of rotatable bonds is 5. The largest absolute Gasteiger partial charge is 0.383 e. The minimum atomic E-state index is -0.600. The fourth-order valence-electron chi connectivity index (χ4n) is 1.18. The molecule has 3 N–H and O–H groups in total. The molecule has 1 aromatic rings. The molecule has 0 fully saturated rings. The first-order valence-electron chi connectivity index (χ1n) is 4.73. The third-order valence-electron chi connectivity index (χ3n) is 2.01. The lowest BCUT2D eigenvalue weighted by Crippen LogP contribution is -2.44. The highest BCUT2D eigenvalue weighted by Gasteiger charge is 2.16. The first-order valence-corrected chi connectivity index (χ1v) is 5.61. The molecule has 0 bridgehead atoms. The van der Waals surface area contributed by atoms with Gasteiger partial charge in [0.25, 0.3) is 0 Å². The van der Waals surface area contributed by atoms with Crippen LogP contribution in [-0.4, -0.2) is 25.7 Å². The topological polar surface area (TPSA) is 64.3 Å². The van der Waals surface area contributed by atoms with E-state index < -0.39 is 6.04 Å². The normalized spacial score (nSPS) is 14.6. The molecule has 0 aliphatic rings. The second kappa shape index (κ2) is 5.85. The highest BCUT2D eigenvalue weighted by molar-refractivity contribution is 7.10. The lowest BCUT2D eigenvalue weighted by atomic mass is 10.2. The average Bonchev–Trinajstić information content (AvgIpc) is 2.70. The average molecular weight is 228 g/mol. The van der Waals surface area contributed by atoms with Crippen LogP contribution in [0.1, 0.15) is 17.8 Å². The highest BCUT2D eigenvalue weighted by Crippen LogP contribution is 2.17. The van der Waals surface area contributed by atoms with Gasteiger partial charge >= 0.3 is 0 Å². The van der Waals surface area contributed by atoms with Crippen molar-refractivity contribution in [1.29, 1.82) is 0 Å². The van der Waals surface area contributed by atoms with Crippen LogP contribution >= 0.6 is 11.3 Å². The van der Waals surface area contributed by atoms with Crippen LogP contribution < -0.4 is 11.1 Å². The van der Waals surface area contributed by atoms with E-state index in [0.29, 0.717) is 0 Å². The zero-order valence-electron chi connectivity index (χ0n) is 8.90. The van der Waals surface area contributed by atoms with E-state index in [9.17, 15) is 4.79 Å². The summed E-state index contributed by atoms with van der Waals surface area (Å²) in [4.78, 5) is 12.6. The molecule has 15 heavy (non-hydrogen) atoms. The van der Waals surface area contributed by atoms with Gasteiger partial charge in [0.2, 0.25) is 5.91 Å². The van der Waals surface area contributed by atoms with Crippen LogP contribution in [0.4, 0.5) is 0 Å². The molecule has 5 heteroatoms. The van der Waals surface area contributed by atoms with Crippen molar-refractivity contribution in [3.05, 3.63) is 22.4 Å². The number of hydrogen-bond donors (Lipinski definition) is 2. The van der Waals surface area contributed by atoms with E-state index in [1.54, 1.807) is 11.3 Å². The van der Waals surface area contributed by atoms with E-state index in [1.165, 1.54) is 7.11 Å². The number of carbonyl (C=O) groups is 1. The van der Waals surface area contributed by atoms with Crippen molar-refractivity contribution in [2.24, 2.45) is 5.73 Å². The van der Waals surface area contributed by atoms with E-state index in [2.05, 4.69) is 5.32 Å². The van der Waals surface area contributed by atoms with Gasteiger partial charge in [-0.3, -0.25) is 4.79 Å². The number of nitrogens with two attached hydrogens (primary N) is 1. The first-order chi connectivity index (χ1) is 7.15. The van der Waals surface area contributed by atoms with E-state index >= 15 is 0 Å². The number of nitrogens with one attached hydrogen (secondary N) is 1. The van der Waals surface area contributed by atoms with Crippen LogP contribution in [-0.2, 0) is 9.53 Å². The third-order valence-corrected chi connectivity index (χ3v) is 3.07. The summed E-state index contributed by atoms with van der Waals surface area (Å²) >= 11 is 1.61. The van der Waals surface area contributed by atoms with Crippen molar-refractivity contribution in [3.8, 4) is 0 Å². The van der Waals surface area contributed by atoms with Crippen LogP contribution in [0.3, 0.4) is 0 Å². The molecule has 84 valence electrons. The van der Waals surface area contributed by atoms with Crippen molar-refractivity contribution < 1.29 is 9.53 Å². The molecule has 1 rings (SSSR count). The molecule has 0 aromatic carbocycles. The Kier molecular flexibility index (Phi) is 4.74. The van der Waals surface area contributed by atoms with E-state index in [4.69, 9.17) is 10.5 Å². The van der Waals surface area contributed by atoms with Gasteiger partial charge in [-0.2, -0.15) is 0 Å². The molecule has 1 amide bonds. The summed E-state index contributed by atoms with van der Waals surface area (Å²) in [6.45, 7) is 2.17. The predicted octanol–water partition coefficient (Wildman–Crippen LogP) is 0.899. The van der Waals surface area contributed by atoms with E-state index in [1.807, 2.05) is 24.4 Å².